The molecule has 2 saturated heterocycles. The van der Waals surface area contributed by atoms with Crippen molar-refractivity contribution < 1.29 is 14.0 Å². The number of alkyl halides is 1. The van der Waals surface area contributed by atoms with E-state index in [4.69, 9.17) is 0 Å². The Kier molecular flexibility index (Phi) is 3.82. The minimum atomic E-state index is -0.820. The third-order valence-electron chi connectivity index (χ3n) is 5.90. The molecule has 1 atom stereocenters. The summed E-state index contributed by atoms with van der Waals surface area (Å²) < 4.78 is 13.1. The van der Waals surface area contributed by atoms with Crippen molar-refractivity contribution in [3.63, 3.8) is 0 Å². The van der Waals surface area contributed by atoms with Crippen molar-refractivity contribution in [3.8, 4) is 0 Å². The minimum absolute atomic E-state index is 0.0499. The highest BCUT2D eigenvalue weighted by atomic mass is 19.1. The van der Waals surface area contributed by atoms with E-state index in [-0.39, 0.29) is 17.7 Å². The van der Waals surface area contributed by atoms with Gasteiger partial charge in [0.05, 0.1) is 5.41 Å². The standard InChI is InChI=1S/C19H23FN2O2/c20-15-11-14(12-15)17(23)21-9-4-7-19(13-21)8-10-22(18(19)24)16-5-2-1-3-6-16/h1-3,5-6,14-15H,4,7-13H2/t14?,15?,19-/m1/s1. The molecule has 4 nitrogen and oxygen atoms in total. The number of piperidine rings is 1. The lowest BCUT2D eigenvalue weighted by Gasteiger charge is -2.42. The lowest BCUT2D eigenvalue weighted by molar-refractivity contribution is -0.146. The van der Waals surface area contributed by atoms with Gasteiger partial charge in [0, 0.05) is 31.2 Å². The molecule has 1 spiro atoms. The third-order valence-corrected chi connectivity index (χ3v) is 5.90. The van der Waals surface area contributed by atoms with Crippen LogP contribution in [0.4, 0.5) is 10.1 Å². The van der Waals surface area contributed by atoms with Crippen molar-refractivity contribution in [2.75, 3.05) is 24.5 Å². The molecule has 1 saturated carbocycles. The van der Waals surface area contributed by atoms with Gasteiger partial charge in [-0.15, -0.1) is 0 Å². The van der Waals surface area contributed by atoms with Crippen LogP contribution in [0.5, 0.6) is 0 Å². The van der Waals surface area contributed by atoms with Gasteiger partial charge in [-0.2, -0.15) is 0 Å². The van der Waals surface area contributed by atoms with Crippen molar-refractivity contribution in [1.29, 1.82) is 0 Å². The molecule has 2 aliphatic heterocycles. The number of amides is 2. The largest absolute Gasteiger partial charge is 0.341 e. The first-order valence-corrected chi connectivity index (χ1v) is 8.89. The summed E-state index contributed by atoms with van der Waals surface area (Å²) in [4.78, 5) is 29.3. The Bertz CT molecular complexity index is 644. The van der Waals surface area contributed by atoms with Gasteiger partial charge in [0.25, 0.3) is 0 Å². The fourth-order valence-electron chi connectivity index (χ4n) is 4.38. The summed E-state index contributed by atoms with van der Waals surface area (Å²) in [6, 6.07) is 9.73. The number of nitrogens with zero attached hydrogens (tertiary/aromatic N) is 2. The van der Waals surface area contributed by atoms with Crippen molar-refractivity contribution >= 4 is 17.5 Å². The van der Waals surface area contributed by atoms with Crippen LogP contribution in [0.1, 0.15) is 32.1 Å². The average Bonchev–Trinajstić information content (AvgIpc) is 2.89. The van der Waals surface area contributed by atoms with Gasteiger partial charge >= 0.3 is 0 Å². The molecule has 1 aromatic rings. The molecule has 0 N–H and O–H groups in total. The van der Waals surface area contributed by atoms with Gasteiger partial charge in [-0.1, -0.05) is 18.2 Å². The predicted molar refractivity (Wildman–Crippen MR) is 89.3 cm³/mol. The zero-order valence-corrected chi connectivity index (χ0v) is 13.8. The molecule has 0 bridgehead atoms. The Morgan fingerprint density at radius 1 is 1.12 bits per heavy atom. The number of anilines is 1. The number of rotatable bonds is 2. The molecule has 5 heteroatoms. The highest BCUT2D eigenvalue weighted by Gasteiger charge is 2.51. The van der Waals surface area contributed by atoms with Gasteiger partial charge in [0.2, 0.25) is 11.8 Å². The molecule has 0 unspecified atom stereocenters. The van der Waals surface area contributed by atoms with Gasteiger partial charge in [0.1, 0.15) is 6.17 Å². The van der Waals surface area contributed by atoms with Crippen LogP contribution in [0.15, 0.2) is 30.3 Å². The second kappa shape index (κ2) is 5.87. The summed E-state index contributed by atoms with van der Waals surface area (Å²) in [6.07, 6.45) is 2.38. The molecule has 0 aromatic heterocycles. The van der Waals surface area contributed by atoms with Crippen LogP contribution < -0.4 is 4.90 Å². The maximum Gasteiger partial charge on any atom is 0.235 e. The molecule has 24 heavy (non-hydrogen) atoms. The zero-order chi connectivity index (χ0) is 16.7. The summed E-state index contributed by atoms with van der Waals surface area (Å²) in [5, 5.41) is 0. The van der Waals surface area contributed by atoms with Crippen LogP contribution >= 0.6 is 0 Å². The Hall–Kier alpha value is -1.91. The fourth-order valence-corrected chi connectivity index (χ4v) is 4.38. The molecule has 4 rings (SSSR count). The summed E-state index contributed by atoms with van der Waals surface area (Å²) in [7, 11) is 0. The number of carbonyl (C=O) groups is 2. The lowest BCUT2D eigenvalue weighted by Crippen LogP contribution is -2.52. The van der Waals surface area contributed by atoms with E-state index in [0.29, 0.717) is 32.5 Å². The van der Waals surface area contributed by atoms with Gasteiger partial charge in [0.15, 0.2) is 0 Å². The van der Waals surface area contributed by atoms with Gasteiger partial charge in [-0.05, 0) is 44.2 Å². The first kappa shape index (κ1) is 15.6. The van der Waals surface area contributed by atoms with E-state index in [0.717, 1.165) is 24.9 Å². The second-order valence-electron chi connectivity index (χ2n) is 7.45. The van der Waals surface area contributed by atoms with Crippen LogP contribution in [0, 0.1) is 11.3 Å². The summed E-state index contributed by atoms with van der Waals surface area (Å²) in [5.74, 6) is 0.0222. The van der Waals surface area contributed by atoms with Crippen LogP contribution in [-0.4, -0.2) is 42.5 Å². The van der Waals surface area contributed by atoms with E-state index in [9.17, 15) is 14.0 Å². The van der Waals surface area contributed by atoms with Crippen LogP contribution in [-0.2, 0) is 9.59 Å². The first-order chi connectivity index (χ1) is 11.6. The van der Waals surface area contributed by atoms with Crippen molar-refractivity contribution in [2.45, 2.75) is 38.3 Å². The lowest BCUT2D eigenvalue weighted by atomic mass is 9.76. The van der Waals surface area contributed by atoms with Crippen molar-refractivity contribution in [1.82, 2.24) is 4.90 Å². The third kappa shape index (κ3) is 2.50. The highest BCUT2D eigenvalue weighted by molar-refractivity contribution is 6.00. The van der Waals surface area contributed by atoms with E-state index in [1.54, 1.807) is 0 Å². The van der Waals surface area contributed by atoms with Crippen LogP contribution in [0.2, 0.25) is 0 Å². The Labute approximate surface area is 141 Å². The summed E-state index contributed by atoms with van der Waals surface area (Å²) in [6.45, 7) is 1.91. The molecular formula is C19H23FN2O2. The van der Waals surface area contributed by atoms with E-state index < -0.39 is 11.6 Å². The molecule has 1 aromatic carbocycles. The molecular weight excluding hydrogens is 307 g/mol. The fraction of sp³-hybridized carbons (Fsp3) is 0.579. The summed E-state index contributed by atoms with van der Waals surface area (Å²) >= 11 is 0. The zero-order valence-electron chi connectivity index (χ0n) is 13.8. The minimum Gasteiger partial charge on any atom is -0.341 e. The molecule has 128 valence electrons. The van der Waals surface area contributed by atoms with Gasteiger partial charge in [-0.3, -0.25) is 9.59 Å². The Balaban J connectivity index is 1.49. The van der Waals surface area contributed by atoms with E-state index in [1.165, 1.54) is 0 Å². The maximum atomic E-state index is 13.1. The monoisotopic (exact) mass is 330 g/mol. The topological polar surface area (TPSA) is 40.6 Å². The SMILES string of the molecule is O=C(C1CC(F)C1)N1CCC[C@@]2(CCN(c3ccccc3)C2=O)C1. The Morgan fingerprint density at radius 3 is 2.58 bits per heavy atom. The number of halogens is 1. The second-order valence-corrected chi connectivity index (χ2v) is 7.45. The first-order valence-electron chi connectivity index (χ1n) is 8.89. The molecule has 3 aliphatic rings. The predicted octanol–water partition coefficient (Wildman–Crippen LogP) is 2.78. The summed E-state index contributed by atoms with van der Waals surface area (Å²) in [5.41, 5.74) is 0.491. The number of carbonyl (C=O) groups excluding carboxylic acids is 2. The molecule has 0 radical (unpaired) electrons. The van der Waals surface area contributed by atoms with Crippen molar-refractivity contribution in [3.05, 3.63) is 30.3 Å². The molecule has 2 heterocycles. The highest BCUT2D eigenvalue weighted by Crippen LogP contribution is 2.43. The van der Waals surface area contributed by atoms with Gasteiger partial charge in [-0.25, -0.2) is 4.39 Å². The van der Waals surface area contributed by atoms with E-state index in [2.05, 4.69) is 0 Å². The Morgan fingerprint density at radius 2 is 1.88 bits per heavy atom. The van der Waals surface area contributed by atoms with Gasteiger partial charge < -0.3 is 9.80 Å². The van der Waals surface area contributed by atoms with Crippen LogP contribution in [0.3, 0.4) is 0 Å². The number of para-hydroxylation sites is 1. The van der Waals surface area contributed by atoms with E-state index >= 15 is 0 Å². The quantitative estimate of drug-likeness (QED) is 0.837. The molecule has 3 fully saturated rings. The number of hydrogen-bond acceptors (Lipinski definition) is 2. The molecule has 2 amide bonds. The molecule has 1 aliphatic carbocycles. The van der Waals surface area contributed by atoms with E-state index in [1.807, 2.05) is 40.1 Å². The van der Waals surface area contributed by atoms with Crippen LogP contribution in [0.25, 0.3) is 0 Å². The number of benzene rings is 1. The number of likely N-dealkylation sites (tertiary alicyclic amines) is 1. The maximum absolute atomic E-state index is 13.1. The normalized spacial score (nSPS) is 33.0. The van der Waals surface area contributed by atoms with Crippen molar-refractivity contribution in [2.24, 2.45) is 11.3 Å². The number of hydrogen-bond donors (Lipinski definition) is 0. The average molecular weight is 330 g/mol. The smallest absolute Gasteiger partial charge is 0.235 e.